The van der Waals surface area contributed by atoms with Crippen LogP contribution in [0.1, 0.15) is 18.4 Å². The van der Waals surface area contributed by atoms with Gasteiger partial charge < -0.3 is 10.4 Å². The Morgan fingerprint density at radius 1 is 1.24 bits per heavy atom. The first-order valence-corrected chi connectivity index (χ1v) is 8.18. The zero-order chi connectivity index (χ0) is 18.4. The first-order valence-electron chi connectivity index (χ1n) is 7.36. The second-order valence-electron chi connectivity index (χ2n) is 5.17. The van der Waals surface area contributed by atoms with E-state index in [0.29, 0.717) is 17.3 Å². The van der Waals surface area contributed by atoms with Gasteiger partial charge in [-0.3, -0.25) is 24.1 Å². The number of thioether (sulfide) groups is 1. The summed E-state index contributed by atoms with van der Waals surface area (Å²) in [6, 6.07) is 5.41. The molecule has 1 aromatic carbocycles. The molecule has 0 bridgehead atoms. The van der Waals surface area contributed by atoms with Crippen molar-refractivity contribution in [2.75, 3.05) is 13.1 Å². The van der Waals surface area contributed by atoms with Gasteiger partial charge >= 0.3 is 5.97 Å². The lowest BCUT2D eigenvalue weighted by Gasteiger charge is -2.12. The number of amides is 3. The van der Waals surface area contributed by atoms with E-state index in [0.717, 1.165) is 4.90 Å². The molecular weight excluding hydrogens is 351 g/mol. The van der Waals surface area contributed by atoms with Crippen LogP contribution < -0.4 is 5.32 Å². The summed E-state index contributed by atoms with van der Waals surface area (Å²) in [6.45, 7) is -0.286. The largest absolute Gasteiger partial charge is 0.481 e. The fourth-order valence-electron chi connectivity index (χ4n) is 2.01. The lowest BCUT2D eigenvalue weighted by atomic mass is 10.2. The molecule has 1 aliphatic rings. The van der Waals surface area contributed by atoms with Crippen LogP contribution in [0.2, 0.25) is 0 Å². The molecule has 9 heteroatoms. The molecule has 0 spiro atoms. The number of nitrogens with one attached hydrogen (secondary N) is 1. The van der Waals surface area contributed by atoms with E-state index in [4.69, 9.17) is 5.11 Å². The molecular formula is C16H15FN2O5S. The SMILES string of the molecule is O=C(O)CCCNC(=O)CN1C(=O)S/C(=C\c2ccc(F)cc2)C1=O. The summed E-state index contributed by atoms with van der Waals surface area (Å²) in [4.78, 5) is 47.2. The van der Waals surface area contributed by atoms with Crippen molar-refractivity contribution in [1.29, 1.82) is 0 Å². The van der Waals surface area contributed by atoms with E-state index in [2.05, 4.69) is 5.32 Å². The molecule has 0 atom stereocenters. The van der Waals surface area contributed by atoms with Crippen LogP contribution in [-0.2, 0) is 14.4 Å². The van der Waals surface area contributed by atoms with Crippen molar-refractivity contribution in [2.24, 2.45) is 0 Å². The Bertz CT molecular complexity index is 733. The van der Waals surface area contributed by atoms with Crippen LogP contribution in [0, 0.1) is 5.82 Å². The molecule has 1 aromatic rings. The summed E-state index contributed by atoms with van der Waals surface area (Å²) in [5, 5.41) is 10.4. The van der Waals surface area contributed by atoms with Crippen LogP contribution >= 0.6 is 11.8 Å². The van der Waals surface area contributed by atoms with Crippen LogP contribution in [0.5, 0.6) is 0 Å². The molecule has 25 heavy (non-hydrogen) atoms. The molecule has 1 heterocycles. The number of benzene rings is 1. The minimum Gasteiger partial charge on any atom is -0.481 e. The quantitative estimate of drug-likeness (QED) is 0.564. The van der Waals surface area contributed by atoms with E-state index in [1.165, 1.54) is 30.3 Å². The topological polar surface area (TPSA) is 104 Å². The van der Waals surface area contributed by atoms with Gasteiger partial charge in [0.1, 0.15) is 12.4 Å². The summed E-state index contributed by atoms with van der Waals surface area (Å²) >= 11 is 0.702. The number of hydrogen-bond donors (Lipinski definition) is 2. The number of carbonyl (C=O) groups is 4. The highest BCUT2D eigenvalue weighted by Gasteiger charge is 2.36. The second-order valence-corrected chi connectivity index (χ2v) is 6.16. The molecule has 0 aliphatic carbocycles. The fraction of sp³-hybridized carbons (Fsp3) is 0.250. The summed E-state index contributed by atoms with van der Waals surface area (Å²) < 4.78 is 12.9. The monoisotopic (exact) mass is 366 g/mol. The number of carboxylic acids is 1. The van der Waals surface area contributed by atoms with E-state index >= 15 is 0 Å². The Hall–Kier alpha value is -2.68. The van der Waals surface area contributed by atoms with Gasteiger partial charge in [-0.2, -0.15) is 0 Å². The van der Waals surface area contributed by atoms with Crippen molar-refractivity contribution in [2.45, 2.75) is 12.8 Å². The third-order valence-electron chi connectivity index (χ3n) is 3.23. The molecule has 1 aliphatic heterocycles. The van der Waals surface area contributed by atoms with Crippen LogP contribution in [-0.4, -0.2) is 46.1 Å². The molecule has 132 valence electrons. The van der Waals surface area contributed by atoms with Gasteiger partial charge in [-0.1, -0.05) is 12.1 Å². The van der Waals surface area contributed by atoms with Crippen molar-refractivity contribution in [3.8, 4) is 0 Å². The normalized spacial score (nSPS) is 15.7. The van der Waals surface area contributed by atoms with Gasteiger partial charge in [-0.25, -0.2) is 4.39 Å². The van der Waals surface area contributed by atoms with Gasteiger partial charge in [0.25, 0.3) is 11.1 Å². The van der Waals surface area contributed by atoms with Crippen LogP contribution in [0.4, 0.5) is 9.18 Å². The van der Waals surface area contributed by atoms with E-state index in [9.17, 15) is 23.6 Å². The van der Waals surface area contributed by atoms with Crippen molar-refractivity contribution in [3.05, 3.63) is 40.6 Å². The maximum atomic E-state index is 12.9. The van der Waals surface area contributed by atoms with Gasteiger partial charge in [0.05, 0.1) is 4.91 Å². The zero-order valence-corrected chi connectivity index (χ0v) is 13.8. The molecule has 7 nitrogen and oxygen atoms in total. The number of halogens is 1. The summed E-state index contributed by atoms with van der Waals surface area (Å²) in [7, 11) is 0. The molecule has 0 radical (unpaired) electrons. The first kappa shape index (κ1) is 18.7. The van der Waals surface area contributed by atoms with E-state index in [1.807, 2.05) is 0 Å². The molecule has 1 fully saturated rings. The van der Waals surface area contributed by atoms with Crippen LogP contribution in [0.3, 0.4) is 0 Å². The Morgan fingerprint density at radius 2 is 1.92 bits per heavy atom. The fourth-order valence-corrected chi connectivity index (χ4v) is 2.85. The third-order valence-corrected chi connectivity index (χ3v) is 4.14. The molecule has 1 saturated heterocycles. The number of aliphatic carboxylic acids is 1. The molecule has 3 amide bonds. The predicted octanol–water partition coefficient (Wildman–Crippen LogP) is 1.84. The highest BCUT2D eigenvalue weighted by molar-refractivity contribution is 8.18. The molecule has 2 rings (SSSR count). The summed E-state index contributed by atoms with van der Waals surface area (Å²) in [5.74, 6) is -2.52. The van der Waals surface area contributed by atoms with Crippen molar-refractivity contribution in [3.63, 3.8) is 0 Å². The van der Waals surface area contributed by atoms with E-state index in [1.54, 1.807) is 0 Å². The predicted molar refractivity (Wildman–Crippen MR) is 89.0 cm³/mol. The van der Waals surface area contributed by atoms with Crippen LogP contribution in [0.15, 0.2) is 29.2 Å². The molecule has 0 aromatic heterocycles. The van der Waals surface area contributed by atoms with Crippen molar-refractivity contribution >= 4 is 40.9 Å². The third kappa shape index (κ3) is 5.42. The average molecular weight is 366 g/mol. The molecule has 0 unspecified atom stereocenters. The maximum absolute atomic E-state index is 12.9. The lowest BCUT2D eigenvalue weighted by molar-refractivity contribution is -0.137. The van der Waals surface area contributed by atoms with E-state index in [-0.39, 0.29) is 24.3 Å². The first-order chi connectivity index (χ1) is 11.9. The van der Waals surface area contributed by atoms with Crippen LogP contribution in [0.25, 0.3) is 6.08 Å². The molecule has 2 N–H and O–H groups in total. The van der Waals surface area contributed by atoms with E-state index < -0.39 is 35.4 Å². The number of imide groups is 1. The number of hydrogen-bond acceptors (Lipinski definition) is 5. The number of nitrogens with zero attached hydrogens (tertiary/aromatic N) is 1. The van der Waals surface area contributed by atoms with Gasteiger partial charge in [0.15, 0.2) is 0 Å². The Labute approximate surface area is 146 Å². The summed E-state index contributed by atoms with van der Waals surface area (Å²) in [6.07, 6.45) is 1.63. The van der Waals surface area contributed by atoms with Gasteiger partial charge in [0, 0.05) is 13.0 Å². The Balaban J connectivity index is 1.93. The highest BCUT2D eigenvalue weighted by Crippen LogP contribution is 2.31. The number of carboxylic acid groups (broad SMARTS) is 1. The van der Waals surface area contributed by atoms with Crippen molar-refractivity contribution in [1.82, 2.24) is 10.2 Å². The zero-order valence-electron chi connectivity index (χ0n) is 13.0. The Kier molecular flexibility index (Phi) is 6.29. The second kappa shape index (κ2) is 8.43. The summed E-state index contributed by atoms with van der Waals surface area (Å²) in [5.41, 5.74) is 0.560. The molecule has 0 saturated carbocycles. The minimum absolute atomic E-state index is 0.0811. The minimum atomic E-state index is -0.967. The lowest BCUT2D eigenvalue weighted by Crippen LogP contribution is -2.39. The van der Waals surface area contributed by atoms with Gasteiger partial charge in [-0.15, -0.1) is 0 Å². The highest BCUT2D eigenvalue weighted by atomic mass is 32.2. The maximum Gasteiger partial charge on any atom is 0.303 e. The Morgan fingerprint density at radius 3 is 2.56 bits per heavy atom. The smallest absolute Gasteiger partial charge is 0.303 e. The van der Waals surface area contributed by atoms with Crippen molar-refractivity contribution < 1.29 is 28.7 Å². The van der Waals surface area contributed by atoms with Gasteiger partial charge in [-0.05, 0) is 42.0 Å². The average Bonchev–Trinajstić information content (AvgIpc) is 2.81. The number of rotatable bonds is 7. The standard InChI is InChI=1S/C16H15FN2O5S/c17-11-5-3-10(4-6-11)8-12-15(23)19(16(24)25-12)9-13(20)18-7-1-2-14(21)22/h3-6,8H,1-2,7,9H2,(H,18,20)(H,21,22)/b12-8-. The van der Waals surface area contributed by atoms with Gasteiger partial charge in [0.2, 0.25) is 5.91 Å². The number of carbonyl (C=O) groups excluding carboxylic acids is 3.